The Morgan fingerprint density at radius 2 is 1.71 bits per heavy atom. The van der Waals surface area contributed by atoms with Gasteiger partial charge >= 0.3 is 0 Å². The van der Waals surface area contributed by atoms with Gasteiger partial charge in [-0.15, -0.1) is 0 Å². The third kappa shape index (κ3) is 1.95. The quantitative estimate of drug-likeness (QED) is 0.611. The number of hydrogen-bond donors (Lipinski definition) is 3. The molecule has 0 aromatic heterocycles. The lowest BCUT2D eigenvalue weighted by Gasteiger charge is -2.09. The molecule has 0 aromatic rings. The fourth-order valence-electron chi connectivity index (χ4n) is 2.30. The first-order valence-electron chi connectivity index (χ1n) is 5.33. The van der Waals surface area contributed by atoms with E-state index in [0.717, 1.165) is 6.54 Å². The molecule has 1 saturated carbocycles. The first-order chi connectivity index (χ1) is 6.34. The van der Waals surface area contributed by atoms with E-state index in [2.05, 4.69) is 33.0 Å². The largest absolute Gasteiger partial charge is 0.394 e. The zero-order valence-electron chi connectivity index (χ0n) is 9.67. The van der Waals surface area contributed by atoms with Gasteiger partial charge in [-0.25, -0.2) is 0 Å². The van der Waals surface area contributed by atoms with Crippen molar-refractivity contribution in [3.63, 3.8) is 0 Å². The fourth-order valence-corrected chi connectivity index (χ4v) is 2.30. The van der Waals surface area contributed by atoms with Crippen LogP contribution in [-0.4, -0.2) is 36.0 Å². The normalized spacial score (nSPS) is 26.1. The van der Waals surface area contributed by atoms with Crippen LogP contribution in [0.5, 0.6) is 0 Å². The van der Waals surface area contributed by atoms with Gasteiger partial charge in [0.05, 0.1) is 12.7 Å². The molecule has 1 atom stereocenters. The van der Waals surface area contributed by atoms with Crippen LogP contribution in [-0.2, 0) is 0 Å². The van der Waals surface area contributed by atoms with Crippen LogP contribution < -0.4 is 5.32 Å². The molecule has 1 aliphatic carbocycles. The van der Waals surface area contributed by atoms with Crippen LogP contribution >= 0.6 is 0 Å². The molecule has 0 bridgehead atoms. The second kappa shape index (κ2) is 3.80. The average molecular weight is 201 g/mol. The highest BCUT2D eigenvalue weighted by molar-refractivity contribution is 5.12. The molecule has 0 aliphatic heterocycles. The van der Waals surface area contributed by atoms with Gasteiger partial charge in [-0.2, -0.15) is 0 Å². The minimum atomic E-state index is -0.625. The minimum Gasteiger partial charge on any atom is -0.394 e. The molecular weight excluding hydrogens is 178 g/mol. The van der Waals surface area contributed by atoms with Crippen LogP contribution in [0.3, 0.4) is 0 Å². The molecule has 0 spiro atoms. The van der Waals surface area contributed by atoms with Gasteiger partial charge in [-0.05, 0) is 23.3 Å². The average Bonchev–Trinajstić information content (AvgIpc) is 2.47. The predicted molar refractivity (Wildman–Crippen MR) is 57.0 cm³/mol. The van der Waals surface area contributed by atoms with E-state index in [1.165, 1.54) is 0 Å². The lowest BCUT2D eigenvalue weighted by Crippen LogP contribution is -2.31. The van der Waals surface area contributed by atoms with Gasteiger partial charge in [0.15, 0.2) is 0 Å². The summed E-state index contributed by atoms with van der Waals surface area (Å²) in [6, 6.07) is 0. The third-order valence-electron chi connectivity index (χ3n) is 4.26. The van der Waals surface area contributed by atoms with Crippen LogP contribution in [0.4, 0.5) is 0 Å². The number of aliphatic hydroxyl groups excluding tert-OH is 2. The minimum absolute atomic E-state index is 0.162. The monoisotopic (exact) mass is 201 g/mol. The van der Waals surface area contributed by atoms with Crippen LogP contribution in [0, 0.1) is 16.7 Å². The lowest BCUT2D eigenvalue weighted by atomic mass is 10.0. The maximum Gasteiger partial charge on any atom is 0.0894 e. The van der Waals surface area contributed by atoms with E-state index in [1.807, 2.05) is 0 Å². The van der Waals surface area contributed by atoms with Gasteiger partial charge in [0.1, 0.15) is 0 Å². The molecule has 1 aliphatic rings. The SMILES string of the molecule is CC1(C)C(CNC[C@H](O)CO)C1(C)C. The molecule has 3 N–H and O–H groups in total. The summed E-state index contributed by atoms with van der Waals surface area (Å²) < 4.78 is 0. The van der Waals surface area contributed by atoms with Crippen LogP contribution in [0.2, 0.25) is 0 Å². The third-order valence-corrected chi connectivity index (χ3v) is 4.26. The maximum absolute atomic E-state index is 9.14. The van der Waals surface area contributed by atoms with E-state index in [0.29, 0.717) is 23.3 Å². The Bertz CT molecular complexity index is 187. The van der Waals surface area contributed by atoms with Gasteiger partial charge in [0, 0.05) is 6.54 Å². The lowest BCUT2D eigenvalue weighted by molar-refractivity contribution is 0.0940. The molecule has 0 aromatic carbocycles. The van der Waals surface area contributed by atoms with Gasteiger partial charge in [0.25, 0.3) is 0 Å². The fraction of sp³-hybridized carbons (Fsp3) is 1.00. The molecule has 0 unspecified atom stereocenters. The Balaban J connectivity index is 2.22. The number of aliphatic hydroxyl groups is 2. The molecule has 1 rings (SSSR count). The van der Waals surface area contributed by atoms with Crippen molar-refractivity contribution in [1.82, 2.24) is 5.32 Å². The van der Waals surface area contributed by atoms with Gasteiger partial charge < -0.3 is 15.5 Å². The molecule has 84 valence electrons. The summed E-state index contributed by atoms with van der Waals surface area (Å²) in [6.07, 6.45) is -0.625. The summed E-state index contributed by atoms with van der Waals surface area (Å²) in [5.74, 6) is 0.667. The summed E-state index contributed by atoms with van der Waals surface area (Å²) in [7, 11) is 0. The molecule has 0 radical (unpaired) electrons. The topological polar surface area (TPSA) is 52.5 Å². The Morgan fingerprint density at radius 1 is 1.21 bits per heavy atom. The summed E-state index contributed by atoms with van der Waals surface area (Å²) >= 11 is 0. The van der Waals surface area contributed by atoms with Crippen LogP contribution in [0.15, 0.2) is 0 Å². The summed E-state index contributed by atoms with van der Waals surface area (Å²) in [6.45, 7) is 10.4. The first-order valence-corrected chi connectivity index (χ1v) is 5.33. The Hall–Kier alpha value is -0.120. The van der Waals surface area contributed by atoms with Crippen LogP contribution in [0.1, 0.15) is 27.7 Å². The van der Waals surface area contributed by atoms with Crippen molar-refractivity contribution in [3.8, 4) is 0 Å². The molecule has 1 fully saturated rings. The van der Waals surface area contributed by atoms with Gasteiger partial charge in [0.2, 0.25) is 0 Å². The van der Waals surface area contributed by atoms with E-state index in [4.69, 9.17) is 10.2 Å². The first kappa shape index (κ1) is 12.0. The molecule has 3 nitrogen and oxygen atoms in total. The smallest absolute Gasteiger partial charge is 0.0894 e. The van der Waals surface area contributed by atoms with Crippen LogP contribution in [0.25, 0.3) is 0 Å². The Kier molecular flexibility index (Phi) is 3.24. The molecule has 3 heteroatoms. The standard InChI is InChI=1S/C11H23NO2/c1-10(2)9(11(10,3)4)6-12-5-8(14)7-13/h8-9,12-14H,5-7H2,1-4H3/t8-/m0/s1. The number of nitrogens with one attached hydrogen (secondary N) is 1. The van der Waals surface area contributed by atoms with Crippen molar-refractivity contribution in [2.75, 3.05) is 19.7 Å². The van der Waals surface area contributed by atoms with Crippen molar-refractivity contribution in [2.45, 2.75) is 33.8 Å². The van der Waals surface area contributed by atoms with Crippen molar-refractivity contribution < 1.29 is 10.2 Å². The molecule has 0 amide bonds. The Labute approximate surface area is 86.5 Å². The maximum atomic E-state index is 9.14. The molecule has 14 heavy (non-hydrogen) atoms. The Morgan fingerprint density at radius 3 is 2.07 bits per heavy atom. The number of hydrogen-bond acceptors (Lipinski definition) is 3. The molecule has 0 saturated heterocycles. The second-order valence-electron chi connectivity index (χ2n) is 5.49. The summed E-state index contributed by atoms with van der Waals surface area (Å²) in [4.78, 5) is 0. The van der Waals surface area contributed by atoms with E-state index in [1.54, 1.807) is 0 Å². The summed E-state index contributed by atoms with van der Waals surface area (Å²) in [5.41, 5.74) is 0.786. The number of rotatable bonds is 5. The van der Waals surface area contributed by atoms with E-state index < -0.39 is 6.10 Å². The predicted octanol–water partition coefficient (Wildman–Crippen LogP) is 0.611. The van der Waals surface area contributed by atoms with Crippen molar-refractivity contribution >= 4 is 0 Å². The highest BCUT2D eigenvalue weighted by Crippen LogP contribution is 2.67. The molecular formula is C11H23NO2. The van der Waals surface area contributed by atoms with E-state index in [-0.39, 0.29) is 6.61 Å². The van der Waals surface area contributed by atoms with Gasteiger partial charge in [-0.3, -0.25) is 0 Å². The summed E-state index contributed by atoms with van der Waals surface area (Å²) in [5, 5.41) is 21.0. The van der Waals surface area contributed by atoms with Crippen molar-refractivity contribution in [3.05, 3.63) is 0 Å². The second-order valence-corrected chi connectivity index (χ2v) is 5.49. The molecule has 0 heterocycles. The highest BCUT2D eigenvalue weighted by atomic mass is 16.3. The van der Waals surface area contributed by atoms with Crippen molar-refractivity contribution in [1.29, 1.82) is 0 Å². The van der Waals surface area contributed by atoms with E-state index in [9.17, 15) is 0 Å². The zero-order valence-corrected chi connectivity index (χ0v) is 9.67. The van der Waals surface area contributed by atoms with E-state index >= 15 is 0 Å². The van der Waals surface area contributed by atoms with Crippen molar-refractivity contribution in [2.24, 2.45) is 16.7 Å². The highest BCUT2D eigenvalue weighted by Gasteiger charge is 2.63. The van der Waals surface area contributed by atoms with Gasteiger partial charge in [-0.1, -0.05) is 27.7 Å². The zero-order chi connectivity index (χ0) is 11.0.